The zero-order chi connectivity index (χ0) is 22.5. The minimum Gasteiger partial charge on any atom is -0.424 e. The van der Waals surface area contributed by atoms with E-state index in [0.29, 0.717) is 17.8 Å². The number of rotatable bonds is 6. The van der Waals surface area contributed by atoms with Crippen molar-refractivity contribution in [3.63, 3.8) is 0 Å². The van der Waals surface area contributed by atoms with Crippen molar-refractivity contribution in [2.45, 2.75) is 13.5 Å². The molecule has 5 nitrogen and oxygen atoms in total. The summed E-state index contributed by atoms with van der Waals surface area (Å²) in [6, 6.07) is 21.9. The number of halogens is 1. The Hall–Kier alpha value is -4.19. The minimum absolute atomic E-state index is 0.177. The number of benzene rings is 3. The van der Waals surface area contributed by atoms with Gasteiger partial charge in [0, 0.05) is 31.1 Å². The van der Waals surface area contributed by atoms with Crippen LogP contribution < -0.4 is 10.1 Å². The van der Waals surface area contributed by atoms with Crippen LogP contribution in [0.3, 0.4) is 0 Å². The fourth-order valence-corrected chi connectivity index (χ4v) is 3.48. The number of hydrogen-bond donors (Lipinski definition) is 1. The molecule has 0 atom stereocenters. The lowest BCUT2D eigenvalue weighted by molar-refractivity contribution is -0.132. The summed E-state index contributed by atoms with van der Waals surface area (Å²) < 4.78 is 20.7. The van der Waals surface area contributed by atoms with E-state index in [2.05, 4.69) is 22.0 Å². The maximum absolute atomic E-state index is 13.7. The fraction of sp³-hybridized carbons (Fsp3) is 0.0769. The standard InChI is InChI=1S/C26H21FN2O3/c1-18(30)32-24-16-19(10-12-22(24)27)11-13-25(31)28-23-9-5-8-21-14-15-29(26(21)23)17-20-6-3-2-4-7-20/h2-16H,17H2,1H3,(H,28,31)/b13-11+. The van der Waals surface area contributed by atoms with Crippen molar-refractivity contribution in [2.24, 2.45) is 0 Å². The number of hydrogen-bond acceptors (Lipinski definition) is 3. The van der Waals surface area contributed by atoms with Gasteiger partial charge >= 0.3 is 5.97 Å². The van der Waals surface area contributed by atoms with Gasteiger partial charge in [0.15, 0.2) is 11.6 Å². The van der Waals surface area contributed by atoms with Crippen molar-refractivity contribution in [3.8, 4) is 5.75 Å². The van der Waals surface area contributed by atoms with E-state index >= 15 is 0 Å². The molecule has 3 aromatic carbocycles. The number of nitrogens with one attached hydrogen (secondary N) is 1. The van der Waals surface area contributed by atoms with Crippen molar-refractivity contribution in [3.05, 3.63) is 102 Å². The van der Waals surface area contributed by atoms with Crippen LogP contribution >= 0.6 is 0 Å². The largest absolute Gasteiger partial charge is 0.424 e. The summed E-state index contributed by atoms with van der Waals surface area (Å²) in [7, 11) is 0. The summed E-state index contributed by atoms with van der Waals surface area (Å²) >= 11 is 0. The SMILES string of the molecule is CC(=O)Oc1cc(/C=C/C(=O)Nc2cccc3ccn(Cc4ccccc4)c23)ccc1F. The van der Waals surface area contributed by atoms with E-state index in [1.165, 1.54) is 37.3 Å². The number of amides is 1. The quantitative estimate of drug-likeness (QED) is 0.254. The highest BCUT2D eigenvalue weighted by molar-refractivity contribution is 6.06. The summed E-state index contributed by atoms with van der Waals surface area (Å²) in [5.74, 6) is -1.77. The number of nitrogens with zero attached hydrogens (tertiary/aromatic N) is 1. The summed E-state index contributed by atoms with van der Waals surface area (Å²) in [6.07, 6.45) is 4.89. The highest BCUT2D eigenvalue weighted by atomic mass is 19.1. The third-order valence-corrected chi connectivity index (χ3v) is 4.88. The molecular formula is C26H21FN2O3. The van der Waals surface area contributed by atoms with Crippen molar-refractivity contribution < 1.29 is 18.7 Å². The summed E-state index contributed by atoms with van der Waals surface area (Å²) in [5, 5.41) is 3.94. The Morgan fingerprint density at radius 3 is 2.62 bits per heavy atom. The van der Waals surface area contributed by atoms with Crippen molar-refractivity contribution in [1.29, 1.82) is 0 Å². The molecule has 0 saturated heterocycles. The summed E-state index contributed by atoms with van der Waals surface area (Å²) in [5.41, 5.74) is 3.31. The Bertz CT molecular complexity index is 1310. The highest BCUT2D eigenvalue weighted by Crippen LogP contribution is 2.26. The summed E-state index contributed by atoms with van der Waals surface area (Å²) in [6.45, 7) is 1.88. The van der Waals surface area contributed by atoms with Gasteiger partial charge in [0.25, 0.3) is 0 Å². The number of ether oxygens (including phenoxy) is 1. The monoisotopic (exact) mass is 428 g/mol. The number of esters is 1. The van der Waals surface area contributed by atoms with Crippen LogP contribution in [-0.4, -0.2) is 16.4 Å². The van der Waals surface area contributed by atoms with Gasteiger partial charge in [-0.25, -0.2) is 4.39 Å². The number of para-hydroxylation sites is 1. The molecule has 0 spiro atoms. The average Bonchev–Trinajstić information content (AvgIpc) is 3.18. The Labute approximate surface area is 184 Å². The van der Waals surface area contributed by atoms with Gasteiger partial charge in [0.05, 0.1) is 11.2 Å². The topological polar surface area (TPSA) is 60.3 Å². The second kappa shape index (κ2) is 9.31. The Balaban J connectivity index is 1.54. The third-order valence-electron chi connectivity index (χ3n) is 4.88. The third kappa shape index (κ3) is 4.92. The maximum atomic E-state index is 13.7. The van der Waals surface area contributed by atoms with Gasteiger partial charge < -0.3 is 14.6 Å². The zero-order valence-corrected chi connectivity index (χ0v) is 17.4. The predicted molar refractivity (Wildman–Crippen MR) is 123 cm³/mol. The van der Waals surface area contributed by atoms with Gasteiger partial charge in [-0.05, 0) is 41.5 Å². The molecule has 160 valence electrons. The van der Waals surface area contributed by atoms with Crippen molar-refractivity contribution >= 4 is 34.5 Å². The molecule has 1 aromatic heterocycles. The Kier molecular flexibility index (Phi) is 6.12. The van der Waals surface area contributed by atoms with E-state index in [0.717, 1.165) is 16.5 Å². The first-order chi connectivity index (χ1) is 15.5. The predicted octanol–water partition coefficient (Wildman–Crippen LogP) is 5.41. The molecule has 32 heavy (non-hydrogen) atoms. The number of aromatic nitrogens is 1. The van der Waals surface area contributed by atoms with Gasteiger partial charge in [-0.15, -0.1) is 0 Å². The molecule has 0 aliphatic carbocycles. The molecule has 1 amide bonds. The first-order valence-electron chi connectivity index (χ1n) is 10.1. The maximum Gasteiger partial charge on any atom is 0.308 e. The van der Waals surface area contributed by atoms with Gasteiger partial charge in [-0.2, -0.15) is 0 Å². The van der Waals surface area contributed by atoms with Gasteiger partial charge in [-0.1, -0.05) is 48.5 Å². The molecule has 0 unspecified atom stereocenters. The average molecular weight is 428 g/mol. The van der Waals surface area contributed by atoms with E-state index in [9.17, 15) is 14.0 Å². The molecule has 6 heteroatoms. The van der Waals surface area contributed by atoms with Crippen LogP contribution in [0.5, 0.6) is 5.75 Å². The molecule has 0 bridgehead atoms. The second-order valence-corrected chi connectivity index (χ2v) is 7.28. The van der Waals surface area contributed by atoms with Crippen LogP contribution in [0, 0.1) is 5.82 Å². The lowest BCUT2D eigenvalue weighted by atomic mass is 10.2. The van der Waals surface area contributed by atoms with E-state index in [1.54, 1.807) is 0 Å². The number of carbonyl (C=O) groups excluding carboxylic acids is 2. The minimum atomic E-state index is -0.646. The van der Waals surface area contributed by atoms with Crippen LogP contribution in [0.15, 0.2) is 85.1 Å². The van der Waals surface area contributed by atoms with E-state index < -0.39 is 11.8 Å². The lowest BCUT2D eigenvalue weighted by Crippen LogP contribution is -2.09. The molecule has 0 saturated carbocycles. The highest BCUT2D eigenvalue weighted by Gasteiger charge is 2.10. The van der Waals surface area contributed by atoms with Crippen LogP contribution in [-0.2, 0) is 16.1 Å². The smallest absolute Gasteiger partial charge is 0.308 e. The van der Waals surface area contributed by atoms with Gasteiger partial charge in [0.2, 0.25) is 5.91 Å². The van der Waals surface area contributed by atoms with E-state index in [-0.39, 0.29) is 11.7 Å². The number of carbonyl (C=O) groups is 2. The molecule has 1 heterocycles. The fourth-order valence-electron chi connectivity index (χ4n) is 3.48. The van der Waals surface area contributed by atoms with Crippen molar-refractivity contribution in [1.82, 2.24) is 4.57 Å². The first kappa shape index (κ1) is 21.1. The molecular weight excluding hydrogens is 407 g/mol. The summed E-state index contributed by atoms with van der Waals surface area (Å²) in [4.78, 5) is 23.7. The Morgan fingerprint density at radius 1 is 1.03 bits per heavy atom. The molecule has 4 aromatic rings. The van der Waals surface area contributed by atoms with Crippen LogP contribution in [0.2, 0.25) is 0 Å². The Morgan fingerprint density at radius 2 is 1.84 bits per heavy atom. The van der Waals surface area contributed by atoms with E-state index in [1.807, 2.05) is 48.7 Å². The molecule has 0 radical (unpaired) electrons. The van der Waals surface area contributed by atoms with Crippen LogP contribution in [0.4, 0.5) is 10.1 Å². The first-order valence-corrected chi connectivity index (χ1v) is 10.1. The molecule has 0 aliphatic heterocycles. The van der Waals surface area contributed by atoms with Crippen molar-refractivity contribution in [2.75, 3.05) is 5.32 Å². The van der Waals surface area contributed by atoms with Crippen LogP contribution in [0.1, 0.15) is 18.1 Å². The second-order valence-electron chi connectivity index (χ2n) is 7.28. The van der Waals surface area contributed by atoms with Gasteiger partial charge in [0.1, 0.15) is 0 Å². The normalized spacial score (nSPS) is 11.1. The molecule has 0 fully saturated rings. The molecule has 0 aliphatic rings. The van der Waals surface area contributed by atoms with Gasteiger partial charge in [-0.3, -0.25) is 9.59 Å². The number of anilines is 1. The lowest BCUT2D eigenvalue weighted by Gasteiger charge is -2.10. The van der Waals surface area contributed by atoms with E-state index in [4.69, 9.17) is 4.74 Å². The zero-order valence-electron chi connectivity index (χ0n) is 17.4. The molecule has 1 N–H and O–H groups in total. The molecule has 4 rings (SSSR count). The van der Waals surface area contributed by atoms with Crippen LogP contribution in [0.25, 0.3) is 17.0 Å². The number of fused-ring (bicyclic) bond motifs is 1.